The van der Waals surface area contributed by atoms with Gasteiger partial charge in [-0.25, -0.2) is 11.2 Å². The van der Waals surface area contributed by atoms with E-state index in [0.717, 1.165) is 0 Å². The fourth-order valence-electron chi connectivity index (χ4n) is 0. The summed E-state index contributed by atoms with van der Waals surface area (Å²) in [6.07, 6.45) is 0. The third-order valence-electron chi connectivity index (χ3n) is 0.183. The molecular weight excluding hydrogens is 89.0 g/mol. The van der Waals surface area contributed by atoms with E-state index in [4.69, 9.17) is 0 Å². The van der Waals surface area contributed by atoms with Gasteiger partial charge >= 0.3 is 29.6 Å². The molecule has 0 saturated carbocycles. The maximum absolute atomic E-state index is 9.22. The van der Waals surface area contributed by atoms with Crippen LogP contribution in [0.25, 0.3) is 0 Å². The van der Waals surface area contributed by atoms with Crippen LogP contribution in [0, 0.1) is 10.9 Å². The van der Waals surface area contributed by atoms with Crippen LogP contribution >= 0.6 is 0 Å². The van der Waals surface area contributed by atoms with E-state index in [9.17, 15) is 4.91 Å². The molecule has 0 heterocycles. The molecule has 0 saturated heterocycles. The molecule has 0 rings (SSSR count). The fourth-order valence-corrected chi connectivity index (χ4v) is 0. The second kappa shape index (κ2) is 5.47. The molecule has 3 heteroatoms. The number of hydrogen-bond donors (Lipinski definition) is 0. The van der Waals surface area contributed by atoms with Crippen molar-refractivity contribution in [3.8, 4) is 0 Å². The summed E-state index contributed by atoms with van der Waals surface area (Å²) in [5.74, 6) is 0. The molecule has 0 bridgehead atoms. The summed E-state index contributed by atoms with van der Waals surface area (Å²) < 4.78 is 0. The fraction of sp³-hybridized carbons (Fsp3) is 0.667. The first kappa shape index (κ1) is 9.69. The maximum atomic E-state index is 9.22. The maximum Gasteiger partial charge on any atom is 1.00 e. The zero-order chi connectivity index (χ0) is 4.28. The molecule has 0 fully saturated rings. The topological polar surface area (TPSA) is 29.4 Å². The molecule has 0 unspecified atom stereocenters. The second-order valence-electron chi connectivity index (χ2n) is 1.04. The van der Waals surface area contributed by atoms with Crippen LogP contribution in [-0.2, 0) is 0 Å². The van der Waals surface area contributed by atoms with Crippen LogP contribution in [0.3, 0.4) is 0 Å². The molecule has 0 N–H and O–H groups in total. The van der Waals surface area contributed by atoms with Crippen molar-refractivity contribution in [2.75, 3.05) is 0 Å². The van der Waals surface area contributed by atoms with Crippen LogP contribution in [0.1, 0.15) is 13.8 Å². The van der Waals surface area contributed by atoms with Gasteiger partial charge in [0.15, 0.2) is 0 Å². The smallest absolute Gasteiger partial charge is 0.229 e. The van der Waals surface area contributed by atoms with Crippen molar-refractivity contribution in [2.45, 2.75) is 13.8 Å². The summed E-state index contributed by atoms with van der Waals surface area (Å²) in [6, 6.07) is 0.574. The summed E-state index contributed by atoms with van der Waals surface area (Å²) >= 11 is 0. The average molecular weight is 95.1 g/mol. The Labute approximate surface area is 59.6 Å². The van der Waals surface area contributed by atoms with Crippen molar-refractivity contribution in [2.24, 2.45) is 5.18 Å². The van der Waals surface area contributed by atoms with Gasteiger partial charge in [0.2, 0.25) is 0 Å². The van der Waals surface area contributed by atoms with Gasteiger partial charge in [0.05, 0.1) is 0 Å². The Hall–Kier alpha value is 0.470. The van der Waals surface area contributed by atoms with Crippen molar-refractivity contribution >= 4 is 0 Å². The summed E-state index contributed by atoms with van der Waals surface area (Å²) in [6.45, 7) is 3.32. The third-order valence-corrected chi connectivity index (χ3v) is 0.183. The number of nitroso groups, excluding NO2 is 1. The van der Waals surface area contributed by atoms with E-state index in [1.165, 1.54) is 0 Å². The van der Waals surface area contributed by atoms with Crippen LogP contribution in [-0.4, -0.2) is 0 Å². The molecule has 0 aliphatic carbocycles. The molecule has 0 atom stereocenters. The van der Waals surface area contributed by atoms with Crippen molar-refractivity contribution in [3.63, 3.8) is 0 Å². The SMILES string of the molecule is C[C-](C)N=O.[Na+]. The second-order valence-corrected chi connectivity index (χ2v) is 1.04. The number of hydrogen-bond acceptors (Lipinski definition) is 2. The van der Waals surface area contributed by atoms with E-state index in [0.29, 0.717) is 6.04 Å². The molecule has 0 aromatic carbocycles. The quantitative estimate of drug-likeness (QED) is 0.217. The molecule has 0 amide bonds. The third kappa shape index (κ3) is 8.82. The van der Waals surface area contributed by atoms with Gasteiger partial charge in [-0.1, -0.05) is 0 Å². The van der Waals surface area contributed by atoms with Crippen molar-refractivity contribution in [3.05, 3.63) is 10.9 Å². The van der Waals surface area contributed by atoms with Crippen LogP contribution in [0.15, 0.2) is 5.18 Å². The van der Waals surface area contributed by atoms with E-state index in [2.05, 4.69) is 5.18 Å². The van der Waals surface area contributed by atoms with Gasteiger partial charge < -0.3 is 0 Å². The molecule has 0 spiro atoms. The molecule has 2 nitrogen and oxygen atoms in total. The van der Waals surface area contributed by atoms with Crippen LogP contribution < -0.4 is 29.6 Å². The van der Waals surface area contributed by atoms with Crippen LogP contribution in [0.4, 0.5) is 0 Å². The minimum atomic E-state index is 0. The van der Waals surface area contributed by atoms with E-state index >= 15 is 0 Å². The van der Waals surface area contributed by atoms with Crippen molar-refractivity contribution < 1.29 is 29.6 Å². The van der Waals surface area contributed by atoms with E-state index in [-0.39, 0.29) is 29.6 Å². The van der Waals surface area contributed by atoms with Gasteiger partial charge in [-0.15, -0.1) is 0 Å². The number of nitrogens with zero attached hydrogens (tertiary/aromatic N) is 1. The largest absolute Gasteiger partial charge is 1.00 e. The summed E-state index contributed by atoms with van der Waals surface area (Å²) in [4.78, 5) is 9.22. The minimum absolute atomic E-state index is 0. The Kier molecular flexibility index (Phi) is 8.83. The molecule has 0 aliphatic rings. The Morgan fingerprint density at radius 2 is 1.67 bits per heavy atom. The number of rotatable bonds is 1. The molecular formula is C3H6NNaO. The first-order chi connectivity index (χ1) is 2.27. The van der Waals surface area contributed by atoms with Gasteiger partial charge in [0, 0.05) is 0 Å². The molecule has 0 aliphatic heterocycles. The Balaban J connectivity index is 0. The van der Waals surface area contributed by atoms with Gasteiger partial charge in [0.1, 0.15) is 0 Å². The average Bonchev–Trinajstić information content (AvgIpc) is 1.38. The Morgan fingerprint density at radius 1 is 1.50 bits per heavy atom. The predicted molar refractivity (Wildman–Crippen MR) is 20.4 cm³/mol. The Bertz CT molecular complexity index is 37.8. The minimum Gasteiger partial charge on any atom is -0.229 e. The van der Waals surface area contributed by atoms with Gasteiger partial charge in [-0.3, -0.25) is 0 Å². The first-order valence-corrected chi connectivity index (χ1v) is 1.41. The van der Waals surface area contributed by atoms with E-state index < -0.39 is 0 Å². The molecule has 0 aromatic rings. The van der Waals surface area contributed by atoms with Crippen LogP contribution in [0.2, 0.25) is 0 Å². The van der Waals surface area contributed by atoms with Gasteiger partial charge in [-0.05, 0) is 0 Å². The van der Waals surface area contributed by atoms with Crippen molar-refractivity contribution in [1.82, 2.24) is 0 Å². The predicted octanol–water partition coefficient (Wildman–Crippen LogP) is -1.67. The van der Waals surface area contributed by atoms with E-state index in [1.54, 1.807) is 13.8 Å². The molecule has 0 radical (unpaired) electrons. The molecule has 30 valence electrons. The molecule has 0 aromatic heterocycles. The zero-order valence-corrected chi connectivity index (χ0v) is 6.36. The Morgan fingerprint density at radius 3 is 1.67 bits per heavy atom. The monoisotopic (exact) mass is 95.0 g/mol. The van der Waals surface area contributed by atoms with Gasteiger partial charge in [-0.2, -0.15) is 18.8 Å². The van der Waals surface area contributed by atoms with E-state index in [1.807, 2.05) is 0 Å². The summed E-state index contributed by atoms with van der Waals surface area (Å²) in [7, 11) is 0. The molecule has 6 heavy (non-hydrogen) atoms. The van der Waals surface area contributed by atoms with Gasteiger partial charge in [0.25, 0.3) is 0 Å². The zero-order valence-electron chi connectivity index (χ0n) is 4.36. The van der Waals surface area contributed by atoms with Crippen molar-refractivity contribution in [1.29, 1.82) is 0 Å². The first-order valence-electron chi connectivity index (χ1n) is 1.41. The summed E-state index contributed by atoms with van der Waals surface area (Å²) in [5, 5.41) is 2.56. The standard InChI is InChI=1S/C3H6NO.Na/c1-3(2)4-5;/h1-2H3;/q-1;+1. The van der Waals surface area contributed by atoms with Crippen LogP contribution in [0.5, 0.6) is 0 Å². The normalized spacial score (nSPS) is 5.67. The summed E-state index contributed by atoms with van der Waals surface area (Å²) in [5.41, 5.74) is 0.